The van der Waals surface area contributed by atoms with Gasteiger partial charge in [0.25, 0.3) is 11.8 Å². The smallest absolute Gasteiger partial charge is 0.411 e. The van der Waals surface area contributed by atoms with E-state index in [2.05, 4.69) is 5.32 Å². The maximum Gasteiger partial charge on any atom is 0.411 e. The van der Waals surface area contributed by atoms with Crippen molar-refractivity contribution in [3.63, 3.8) is 0 Å². The van der Waals surface area contributed by atoms with Crippen LogP contribution in [-0.2, 0) is 23.9 Å². The lowest BCUT2D eigenvalue weighted by Gasteiger charge is -2.36. The monoisotopic (exact) mass is 439 g/mol. The molecule has 0 aromatic carbocycles. The molecule has 1 unspecified atom stereocenters. The topological polar surface area (TPSA) is 133 Å². The van der Waals surface area contributed by atoms with E-state index in [4.69, 9.17) is 4.74 Å². The SMILES string of the molecule is CC(C)(C)OC(=O)N(CC(=O)NC(CCCCN1C(=O)C=CC1=O)C(=O)O)C(C)(C)C. The maximum atomic E-state index is 12.5. The summed E-state index contributed by atoms with van der Waals surface area (Å²) < 4.78 is 5.35. The van der Waals surface area contributed by atoms with Gasteiger partial charge in [-0.05, 0) is 60.8 Å². The number of amides is 4. The lowest BCUT2D eigenvalue weighted by Crippen LogP contribution is -2.53. The van der Waals surface area contributed by atoms with Gasteiger partial charge in [0.05, 0.1) is 0 Å². The predicted molar refractivity (Wildman–Crippen MR) is 112 cm³/mol. The molecule has 0 aliphatic carbocycles. The zero-order chi connectivity index (χ0) is 24.0. The summed E-state index contributed by atoms with van der Waals surface area (Å²) in [5, 5.41) is 11.9. The van der Waals surface area contributed by atoms with E-state index in [-0.39, 0.29) is 19.5 Å². The van der Waals surface area contributed by atoms with E-state index in [0.717, 1.165) is 4.90 Å². The zero-order valence-corrected chi connectivity index (χ0v) is 19.1. The molecule has 0 aromatic heterocycles. The molecule has 0 saturated heterocycles. The second kappa shape index (κ2) is 10.4. The molecular weight excluding hydrogens is 406 g/mol. The number of aliphatic carboxylic acids is 1. The summed E-state index contributed by atoms with van der Waals surface area (Å²) in [4.78, 5) is 61.9. The molecule has 31 heavy (non-hydrogen) atoms. The number of rotatable bonds is 9. The quantitative estimate of drug-likeness (QED) is 0.412. The number of imide groups is 1. The molecule has 2 N–H and O–H groups in total. The number of ether oxygens (including phenoxy) is 1. The highest BCUT2D eigenvalue weighted by Crippen LogP contribution is 2.18. The van der Waals surface area contributed by atoms with E-state index < -0.39 is 47.0 Å². The lowest BCUT2D eigenvalue weighted by molar-refractivity contribution is -0.142. The number of hydrogen-bond acceptors (Lipinski definition) is 6. The van der Waals surface area contributed by atoms with Gasteiger partial charge in [-0.2, -0.15) is 0 Å². The van der Waals surface area contributed by atoms with Crippen LogP contribution in [0.4, 0.5) is 4.79 Å². The highest BCUT2D eigenvalue weighted by molar-refractivity contribution is 6.12. The maximum absolute atomic E-state index is 12.5. The van der Waals surface area contributed by atoms with Crippen LogP contribution in [0.15, 0.2) is 12.2 Å². The number of carboxylic acid groups (broad SMARTS) is 1. The van der Waals surface area contributed by atoms with Crippen molar-refractivity contribution in [2.45, 2.75) is 78.0 Å². The average molecular weight is 440 g/mol. The molecule has 0 saturated carbocycles. The predicted octanol–water partition coefficient (Wildman–Crippen LogP) is 1.69. The molecule has 10 nitrogen and oxygen atoms in total. The molecule has 0 radical (unpaired) electrons. The van der Waals surface area contributed by atoms with Gasteiger partial charge in [-0.1, -0.05) is 0 Å². The van der Waals surface area contributed by atoms with Gasteiger partial charge in [-0.15, -0.1) is 0 Å². The Morgan fingerprint density at radius 1 is 1.06 bits per heavy atom. The summed E-state index contributed by atoms with van der Waals surface area (Å²) >= 11 is 0. The molecule has 0 spiro atoms. The van der Waals surface area contributed by atoms with Gasteiger partial charge >= 0.3 is 12.1 Å². The Morgan fingerprint density at radius 3 is 2.06 bits per heavy atom. The standard InChI is InChI=1S/C21H33N3O7/c1-20(2,3)24(19(30)31-21(4,5)6)13-15(25)22-14(18(28)29)9-7-8-12-23-16(26)10-11-17(23)27/h10-11,14H,7-9,12-13H2,1-6H3,(H,22,25)(H,28,29). The minimum Gasteiger partial charge on any atom is -0.480 e. The van der Waals surface area contributed by atoms with Gasteiger partial charge in [-0.3, -0.25) is 24.2 Å². The van der Waals surface area contributed by atoms with Crippen LogP contribution in [0.3, 0.4) is 0 Å². The third kappa shape index (κ3) is 8.77. The average Bonchev–Trinajstić information content (AvgIpc) is 2.91. The molecule has 1 rings (SSSR count). The Hall–Kier alpha value is -2.91. The van der Waals surface area contributed by atoms with Crippen molar-refractivity contribution < 1.29 is 33.8 Å². The van der Waals surface area contributed by atoms with Gasteiger partial charge in [0.15, 0.2) is 0 Å². The number of carboxylic acids is 1. The summed E-state index contributed by atoms with van der Waals surface area (Å²) in [6, 6.07) is -1.16. The number of carbonyl (C=O) groups is 5. The first kappa shape index (κ1) is 26.1. The third-order valence-electron chi connectivity index (χ3n) is 4.38. The van der Waals surface area contributed by atoms with Crippen molar-refractivity contribution in [3.05, 3.63) is 12.2 Å². The molecule has 1 aliphatic heterocycles. The van der Waals surface area contributed by atoms with E-state index in [1.165, 1.54) is 17.1 Å². The number of unbranched alkanes of at least 4 members (excludes halogenated alkanes) is 1. The van der Waals surface area contributed by atoms with Crippen LogP contribution in [0.5, 0.6) is 0 Å². The summed E-state index contributed by atoms with van der Waals surface area (Å²) in [5.74, 6) is -2.61. The molecule has 1 heterocycles. The minimum atomic E-state index is -1.21. The van der Waals surface area contributed by atoms with Crippen LogP contribution in [0, 0.1) is 0 Å². The minimum absolute atomic E-state index is 0.118. The van der Waals surface area contributed by atoms with Gasteiger partial charge < -0.3 is 15.2 Å². The largest absolute Gasteiger partial charge is 0.480 e. The first-order valence-corrected chi connectivity index (χ1v) is 10.2. The normalized spacial score (nSPS) is 15.1. The van der Waals surface area contributed by atoms with Crippen molar-refractivity contribution in [2.75, 3.05) is 13.1 Å². The van der Waals surface area contributed by atoms with E-state index >= 15 is 0 Å². The van der Waals surface area contributed by atoms with Crippen LogP contribution in [0.25, 0.3) is 0 Å². The summed E-state index contributed by atoms with van der Waals surface area (Å²) in [7, 11) is 0. The van der Waals surface area contributed by atoms with Crippen LogP contribution in [-0.4, -0.2) is 75.0 Å². The third-order valence-corrected chi connectivity index (χ3v) is 4.38. The van der Waals surface area contributed by atoms with Crippen LogP contribution < -0.4 is 5.32 Å². The molecule has 1 atom stereocenters. The first-order chi connectivity index (χ1) is 14.1. The molecule has 4 amide bonds. The Morgan fingerprint density at radius 2 is 1.61 bits per heavy atom. The second-order valence-electron chi connectivity index (χ2n) is 9.35. The number of nitrogens with one attached hydrogen (secondary N) is 1. The molecule has 0 aromatic rings. The van der Waals surface area contributed by atoms with E-state index in [9.17, 15) is 29.1 Å². The molecule has 174 valence electrons. The number of nitrogens with zero attached hydrogens (tertiary/aromatic N) is 2. The number of carbonyl (C=O) groups excluding carboxylic acids is 4. The van der Waals surface area contributed by atoms with E-state index in [0.29, 0.717) is 12.8 Å². The molecule has 1 aliphatic rings. The van der Waals surface area contributed by atoms with Crippen molar-refractivity contribution in [1.29, 1.82) is 0 Å². The summed E-state index contributed by atoms with van der Waals surface area (Å²) in [6.45, 7) is 10.2. The van der Waals surface area contributed by atoms with Crippen LogP contribution in [0.2, 0.25) is 0 Å². The Labute approximate surface area is 182 Å². The molecule has 0 fully saturated rings. The fourth-order valence-corrected chi connectivity index (χ4v) is 2.80. The highest BCUT2D eigenvalue weighted by atomic mass is 16.6. The lowest BCUT2D eigenvalue weighted by atomic mass is 10.1. The molecular formula is C21H33N3O7. The fourth-order valence-electron chi connectivity index (χ4n) is 2.80. The van der Waals surface area contributed by atoms with Crippen molar-refractivity contribution >= 4 is 29.8 Å². The van der Waals surface area contributed by atoms with E-state index in [1.54, 1.807) is 41.5 Å². The first-order valence-electron chi connectivity index (χ1n) is 10.2. The fraction of sp³-hybridized carbons (Fsp3) is 0.667. The summed E-state index contributed by atoms with van der Waals surface area (Å²) in [6.07, 6.45) is 2.61. The molecule has 10 heteroatoms. The zero-order valence-electron chi connectivity index (χ0n) is 19.1. The van der Waals surface area contributed by atoms with Gasteiger partial charge in [-0.25, -0.2) is 9.59 Å². The van der Waals surface area contributed by atoms with Crippen molar-refractivity contribution in [2.24, 2.45) is 0 Å². The van der Waals surface area contributed by atoms with Gasteiger partial charge in [0, 0.05) is 24.2 Å². The Kier molecular flexibility index (Phi) is 8.77. The number of hydrogen-bond donors (Lipinski definition) is 2. The highest BCUT2D eigenvalue weighted by Gasteiger charge is 2.33. The summed E-state index contributed by atoms with van der Waals surface area (Å²) in [5.41, 5.74) is -1.46. The Balaban J connectivity index is 2.62. The van der Waals surface area contributed by atoms with Gasteiger partial charge in [0.2, 0.25) is 5.91 Å². The van der Waals surface area contributed by atoms with Crippen molar-refractivity contribution in [3.8, 4) is 0 Å². The molecule has 0 bridgehead atoms. The van der Waals surface area contributed by atoms with Crippen molar-refractivity contribution in [1.82, 2.24) is 15.1 Å². The second-order valence-corrected chi connectivity index (χ2v) is 9.35. The van der Waals surface area contributed by atoms with Crippen LogP contribution >= 0.6 is 0 Å². The van der Waals surface area contributed by atoms with Crippen LogP contribution in [0.1, 0.15) is 60.8 Å². The Bertz CT molecular complexity index is 729. The van der Waals surface area contributed by atoms with E-state index in [1.807, 2.05) is 0 Å². The van der Waals surface area contributed by atoms with Gasteiger partial charge in [0.1, 0.15) is 18.2 Å².